The van der Waals surface area contributed by atoms with E-state index >= 15 is 0 Å². The molecule has 0 saturated heterocycles. The first-order valence-corrected chi connectivity index (χ1v) is 6.34. The molecule has 5 nitrogen and oxygen atoms in total. The van der Waals surface area contributed by atoms with Crippen molar-refractivity contribution in [3.63, 3.8) is 0 Å². The van der Waals surface area contributed by atoms with Gasteiger partial charge in [0, 0.05) is 6.20 Å². The van der Waals surface area contributed by atoms with Gasteiger partial charge in [0.1, 0.15) is 17.1 Å². The second-order valence-corrected chi connectivity index (χ2v) is 4.60. The lowest BCUT2D eigenvalue weighted by Gasteiger charge is -2.08. The molecule has 3 aromatic heterocycles. The summed E-state index contributed by atoms with van der Waals surface area (Å²) >= 11 is 11.4. The third-order valence-electron chi connectivity index (χ3n) is 2.62. The van der Waals surface area contributed by atoms with Gasteiger partial charge in [-0.05, 0) is 23.7 Å². The van der Waals surface area contributed by atoms with Crippen LogP contribution < -0.4 is 5.32 Å². The summed E-state index contributed by atoms with van der Waals surface area (Å²) < 4.78 is 19.1. The Bertz CT molecular complexity index is 764. The Labute approximate surface area is 122 Å². The topological polar surface area (TPSA) is 63.8 Å². The summed E-state index contributed by atoms with van der Waals surface area (Å²) in [6.07, 6.45) is 2.95. The van der Waals surface area contributed by atoms with E-state index in [4.69, 9.17) is 27.6 Å². The molecule has 0 atom stereocenters. The number of rotatable bonds is 3. The summed E-state index contributed by atoms with van der Waals surface area (Å²) in [5.74, 6) is 0.337. The van der Waals surface area contributed by atoms with Crippen molar-refractivity contribution in [2.24, 2.45) is 0 Å². The number of halogens is 3. The summed E-state index contributed by atoms with van der Waals surface area (Å²) in [5, 5.41) is 3.05. The Balaban J connectivity index is 2.03. The zero-order valence-electron chi connectivity index (χ0n) is 9.90. The number of hydrogen-bond donors (Lipinski definition) is 1. The van der Waals surface area contributed by atoms with Crippen LogP contribution in [0.1, 0.15) is 5.76 Å². The largest absolute Gasteiger partial charge is 0.467 e. The van der Waals surface area contributed by atoms with E-state index in [2.05, 4.69) is 20.3 Å². The van der Waals surface area contributed by atoms with Crippen molar-refractivity contribution in [2.45, 2.75) is 6.54 Å². The predicted octanol–water partition coefficient (Wildman–Crippen LogP) is 3.68. The van der Waals surface area contributed by atoms with Crippen LogP contribution in [0.2, 0.25) is 10.4 Å². The van der Waals surface area contributed by atoms with E-state index in [0.29, 0.717) is 23.5 Å². The number of nitrogens with one attached hydrogen (secondary N) is 1. The second kappa shape index (κ2) is 5.22. The lowest BCUT2D eigenvalue weighted by atomic mass is 10.3. The highest BCUT2D eigenvalue weighted by Crippen LogP contribution is 2.27. The molecule has 20 heavy (non-hydrogen) atoms. The molecule has 102 valence electrons. The van der Waals surface area contributed by atoms with Gasteiger partial charge < -0.3 is 9.73 Å². The third-order valence-corrected chi connectivity index (χ3v) is 3.06. The summed E-state index contributed by atoms with van der Waals surface area (Å²) in [6, 6.07) is 3.57. The van der Waals surface area contributed by atoms with Crippen molar-refractivity contribution < 1.29 is 8.81 Å². The van der Waals surface area contributed by atoms with Crippen LogP contribution in [0.4, 0.5) is 10.2 Å². The minimum atomic E-state index is -0.727. The van der Waals surface area contributed by atoms with Gasteiger partial charge in [-0.3, -0.25) is 0 Å². The van der Waals surface area contributed by atoms with Crippen LogP contribution in [0.25, 0.3) is 10.9 Å². The fraction of sp³-hybridized carbons (Fsp3) is 0.0833. The highest BCUT2D eigenvalue weighted by atomic mass is 35.5. The van der Waals surface area contributed by atoms with Gasteiger partial charge in [0.25, 0.3) is 0 Å². The molecule has 0 aliphatic carbocycles. The van der Waals surface area contributed by atoms with E-state index < -0.39 is 5.82 Å². The van der Waals surface area contributed by atoms with Crippen LogP contribution >= 0.6 is 23.2 Å². The van der Waals surface area contributed by atoms with Gasteiger partial charge in [0.2, 0.25) is 5.28 Å². The van der Waals surface area contributed by atoms with Crippen molar-refractivity contribution in [1.29, 1.82) is 0 Å². The smallest absolute Gasteiger partial charge is 0.225 e. The van der Waals surface area contributed by atoms with E-state index in [9.17, 15) is 4.39 Å². The average Bonchev–Trinajstić information content (AvgIpc) is 2.94. The molecule has 3 heterocycles. The van der Waals surface area contributed by atoms with Gasteiger partial charge in [-0.2, -0.15) is 0 Å². The Hall–Kier alpha value is -1.92. The highest BCUT2D eigenvalue weighted by Gasteiger charge is 2.14. The number of anilines is 1. The maximum absolute atomic E-state index is 13.9. The Morgan fingerprint density at radius 3 is 2.90 bits per heavy atom. The molecule has 0 radical (unpaired) electrons. The van der Waals surface area contributed by atoms with E-state index in [0.717, 1.165) is 0 Å². The molecule has 0 fully saturated rings. The van der Waals surface area contributed by atoms with Crippen molar-refractivity contribution >= 4 is 39.9 Å². The van der Waals surface area contributed by atoms with Crippen LogP contribution in [0.5, 0.6) is 0 Å². The molecule has 0 bridgehead atoms. The van der Waals surface area contributed by atoms with Crippen LogP contribution in [0.15, 0.2) is 29.0 Å². The summed E-state index contributed by atoms with van der Waals surface area (Å²) in [5.41, 5.74) is 0.0203. The van der Waals surface area contributed by atoms with Gasteiger partial charge in [0.15, 0.2) is 11.0 Å². The summed E-state index contributed by atoms with van der Waals surface area (Å²) in [7, 11) is 0. The first kappa shape index (κ1) is 13.1. The molecule has 0 spiro atoms. The third kappa shape index (κ3) is 2.39. The maximum atomic E-state index is 13.9. The molecule has 0 saturated carbocycles. The van der Waals surface area contributed by atoms with E-state index in [1.54, 1.807) is 18.4 Å². The molecule has 1 N–H and O–H groups in total. The number of fused-ring (bicyclic) bond motifs is 1. The molecule has 8 heteroatoms. The minimum Gasteiger partial charge on any atom is -0.467 e. The minimum absolute atomic E-state index is 0.0203. The fourth-order valence-corrected chi connectivity index (χ4v) is 2.03. The Kier molecular flexibility index (Phi) is 3.42. The zero-order valence-corrected chi connectivity index (χ0v) is 11.4. The standard InChI is InChI=1S/C12H7Cl2FN4O/c13-10-8(15)9-7(5-16-10)11(19-12(14)18-9)17-4-6-2-1-3-20-6/h1-3,5H,4H2,(H,17,18,19). The van der Waals surface area contributed by atoms with Crippen molar-refractivity contribution in [2.75, 3.05) is 5.32 Å². The van der Waals surface area contributed by atoms with Crippen molar-refractivity contribution in [1.82, 2.24) is 15.0 Å². The van der Waals surface area contributed by atoms with Gasteiger partial charge >= 0.3 is 0 Å². The lowest BCUT2D eigenvalue weighted by molar-refractivity contribution is 0.518. The van der Waals surface area contributed by atoms with Gasteiger partial charge in [-0.15, -0.1) is 0 Å². The molecule has 0 unspecified atom stereocenters. The second-order valence-electron chi connectivity index (χ2n) is 3.90. The summed E-state index contributed by atoms with van der Waals surface area (Å²) in [6.45, 7) is 0.375. The van der Waals surface area contributed by atoms with Crippen molar-refractivity contribution in [3.05, 3.63) is 46.6 Å². The fourth-order valence-electron chi connectivity index (χ4n) is 1.73. The van der Waals surface area contributed by atoms with E-state index in [-0.39, 0.29) is 16.0 Å². The van der Waals surface area contributed by atoms with Gasteiger partial charge in [0.05, 0.1) is 18.2 Å². The normalized spacial score (nSPS) is 10.9. The molecule has 3 rings (SSSR count). The number of nitrogens with zero attached hydrogens (tertiary/aromatic N) is 3. The van der Waals surface area contributed by atoms with Crippen LogP contribution in [-0.4, -0.2) is 15.0 Å². The van der Waals surface area contributed by atoms with E-state index in [1.807, 2.05) is 0 Å². The number of hydrogen-bond acceptors (Lipinski definition) is 5. The van der Waals surface area contributed by atoms with Crippen LogP contribution in [0, 0.1) is 5.82 Å². The predicted molar refractivity (Wildman–Crippen MR) is 73.3 cm³/mol. The molecule has 0 aliphatic rings. The highest BCUT2D eigenvalue weighted by molar-refractivity contribution is 6.30. The average molecular weight is 313 g/mol. The SMILES string of the molecule is Fc1c(Cl)ncc2c(NCc3ccco3)nc(Cl)nc12. The number of aromatic nitrogens is 3. The monoisotopic (exact) mass is 312 g/mol. The maximum Gasteiger partial charge on any atom is 0.225 e. The van der Waals surface area contributed by atoms with Crippen LogP contribution in [-0.2, 0) is 6.54 Å². The molecule has 0 aliphatic heterocycles. The van der Waals surface area contributed by atoms with Gasteiger partial charge in [-0.25, -0.2) is 19.3 Å². The van der Waals surface area contributed by atoms with Crippen molar-refractivity contribution in [3.8, 4) is 0 Å². The summed E-state index contributed by atoms with van der Waals surface area (Å²) in [4.78, 5) is 11.6. The molecule has 3 aromatic rings. The quantitative estimate of drug-likeness (QED) is 0.590. The molecule has 0 amide bonds. The Morgan fingerprint density at radius 2 is 2.15 bits per heavy atom. The molecule has 0 aromatic carbocycles. The zero-order chi connectivity index (χ0) is 14.1. The van der Waals surface area contributed by atoms with E-state index in [1.165, 1.54) is 6.20 Å². The Morgan fingerprint density at radius 1 is 1.30 bits per heavy atom. The van der Waals surface area contributed by atoms with Gasteiger partial charge in [-0.1, -0.05) is 11.6 Å². The molecular weight excluding hydrogens is 306 g/mol. The molecular formula is C12H7Cl2FN4O. The lowest BCUT2D eigenvalue weighted by Crippen LogP contribution is -2.03. The van der Waals surface area contributed by atoms with Crippen LogP contribution in [0.3, 0.4) is 0 Å². The first-order chi connectivity index (χ1) is 9.65. The first-order valence-electron chi connectivity index (χ1n) is 5.58. The number of pyridine rings is 1. The number of furan rings is 1.